The summed E-state index contributed by atoms with van der Waals surface area (Å²) in [4.78, 5) is 17.4. The van der Waals surface area contributed by atoms with Gasteiger partial charge in [-0.25, -0.2) is 4.79 Å². The van der Waals surface area contributed by atoms with Gasteiger partial charge in [-0.05, 0) is 38.2 Å². The zero-order chi connectivity index (χ0) is 13.2. The van der Waals surface area contributed by atoms with Crippen molar-refractivity contribution in [3.8, 4) is 0 Å². The molecule has 0 spiro atoms. The molecule has 0 aromatic carbocycles. The molecule has 1 aliphatic rings. The van der Waals surface area contributed by atoms with Gasteiger partial charge in [-0.1, -0.05) is 5.16 Å². The van der Waals surface area contributed by atoms with Crippen molar-refractivity contribution in [2.75, 3.05) is 0 Å². The Bertz CT molecular complexity index is 603. The van der Waals surface area contributed by atoms with E-state index in [-0.39, 0.29) is 12.6 Å². The largest absolute Gasteiger partial charge is 0.452 e. The molecule has 2 aromatic rings. The summed E-state index contributed by atoms with van der Waals surface area (Å²) in [7, 11) is 0. The quantitative estimate of drug-likeness (QED) is 0.808. The second-order valence-corrected chi connectivity index (χ2v) is 5.53. The summed E-state index contributed by atoms with van der Waals surface area (Å²) in [6.45, 7) is 1.76. The first-order valence-electron chi connectivity index (χ1n) is 6.29. The number of aryl methyl sites for hydroxylation is 2. The van der Waals surface area contributed by atoms with Gasteiger partial charge >= 0.3 is 5.97 Å². The lowest BCUT2D eigenvalue weighted by Gasteiger charge is -2.11. The van der Waals surface area contributed by atoms with Gasteiger partial charge in [0.05, 0.1) is 5.56 Å². The van der Waals surface area contributed by atoms with E-state index in [0.717, 1.165) is 19.3 Å². The Morgan fingerprint density at radius 3 is 3.11 bits per heavy atom. The molecule has 0 fully saturated rings. The SMILES string of the molecule is Cc1noc(COC(=O)c2csc3c2CCCC3)n1. The molecular formula is C13H14N2O3S. The third-order valence-electron chi connectivity index (χ3n) is 3.18. The van der Waals surface area contributed by atoms with Crippen molar-refractivity contribution in [3.05, 3.63) is 33.1 Å². The fraction of sp³-hybridized carbons (Fsp3) is 0.462. The Morgan fingerprint density at radius 2 is 2.32 bits per heavy atom. The highest BCUT2D eigenvalue weighted by atomic mass is 32.1. The van der Waals surface area contributed by atoms with Crippen LogP contribution in [0.25, 0.3) is 0 Å². The van der Waals surface area contributed by atoms with E-state index in [1.807, 2.05) is 5.38 Å². The second-order valence-electron chi connectivity index (χ2n) is 4.57. The maximum Gasteiger partial charge on any atom is 0.339 e. The van der Waals surface area contributed by atoms with Crippen molar-refractivity contribution >= 4 is 17.3 Å². The Hall–Kier alpha value is -1.69. The van der Waals surface area contributed by atoms with Crippen molar-refractivity contribution in [3.63, 3.8) is 0 Å². The fourth-order valence-electron chi connectivity index (χ4n) is 2.27. The first-order chi connectivity index (χ1) is 9.24. The van der Waals surface area contributed by atoms with E-state index < -0.39 is 0 Å². The number of fused-ring (bicyclic) bond motifs is 1. The van der Waals surface area contributed by atoms with E-state index in [4.69, 9.17) is 9.26 Å². The number of hydrogen-bond acceptors (Lipinski definition) is 6. The summed E-state index contributed by atoms with van der Waals surface area (Å²) in [5, 5.41) is 5.55. The highest BCUT2D eigenvalue weighted by Gasteiger charge is 2.21. The molecule has 0 amide bonds. The average Bonchev–Trinajstić information content (AvgIpc) is 3.02. The van der Waals surface area contributed by atoms with Gasteiger partial charge in [-0.3, -0.25) is 0 Å². The third-order valence-corrected chi connectivity index (χ3v) is 4.27. The molecule has 6 heteroatoms. The zero-order valence-corrected chi connectivity index (χ0v) is 11.5. The van der Waals surface area contributed by atoms with Crippen molar-refractivity contribution < 1.29 is 14.1 Å². The van der Waals surface area contributed by atoms with Crippen molar-refractivity contribution in [2.45, 2.75) is 39.2 Å². The van der Waals surface area contributed by atoms with E-state index >= 15 is 0 Å². The van der Waals surface area contributed by atoms with E-state index in [2.05, 4.69) is 10.1 Å². The smallest absolute Gasteiger partial charge is 0.339 e. The number of esters is 1. The first kappa shape index (κ1) is 12.3. The number of nitrogens with zero attached hydrogens (tertiary/aromatic N) is 2. The second kappa shape index (κ2) is 5.13. The maximum absolute atomic E-state index is 12.1. The molecular weight excluding hydrogens is 264 g/mol. The van der Waals surface area contributed by atoms with Crippen LogP contribution in [0.5, 0.6) is 0 Å². The van der Waals surface area contributed by atoms with Gasteiger partial charge in [0, 0.05) is 10.3 Å². The number of carbonyl (C=O) groups is 1. The van der Waals surface area contributed by atoms with Crippen molar-refractivity contribution in [2.24, 2.45) is 0 Å². The Labute approximate surface area is 114 Å². The number of aromatic nitrogens is 2. The monoisotopic (exact) mass is 278 g/mol. The third kappa shape index (κ3) is 2.53. The molecule has 0 bridgehead atoms. The Kier molecular flexibility index (Phi) is 3.33. The van der Waals surface area contributed by atoms with Crippen molar-refractivity contribution in [1.29, 1.82) is 0 Å². The van der Waals surface area contributed by atoms with E-state index in [9.17, 15) is 4.79 Å². The van der Waals surface area contributed by atoms with Gasteiger partial charge in [0.25, 0.3) is 5.89 Å². The average molecular weight is 278 g/mol. The van der Waals surface area contributed by atoms with Crippen LogP contribution in [0.1, 0.15) is 45.4 Å². The lowest BCUT2D eigenvalue weighted by atomic mass is 9.96. The van der Waals surface area contributed by atoms with Crippen LogP contribution in [-0.2, 0) is 24.2 Å². The number of ether oxygens (including phenoxy) is 1. The fourth-order valence-corrected chi connectivity index (χ4v) is 3.38. The molecule has 0 saturated carbocycles. The molecule has 3 rings (SSSR count). The minimum Gasteiger partial charge on any atom is -0.452 e. The molecule has 19 heavy (non-hydrogen) atoms. The van der Waals surface area contributed by atoms with Crippen LogP contribution in [0.3, 0.4) is 0 Å². The van der Waals surface area contributed by atoms with Crippen LogP contribution in [-0.4, -0.2) is 16.1 Å². The number of thiophene rings is 1. The minimum absolute atomic E-state index is 0.0320. The lowest BCUT2D eigenvalue weighted by molar-refractivity contribution is 0.0429. The summed E-state index contributed by atoms with van der Waals surface area (Å²) in [5.41, 5.74) is 1.87. The van der Waals surface area contributed by atoms with E-state index in [0.29, 0.717) is 17.3 Å². The standard InChI is InChI=1S/C13H14N2O3S/c1-8-14-12(18-15-8)6-17-13(16)10-7-19-11-5-3-2-4-9(10)11/h7H,2-6H2,1H3. The highest BCUT2D eigenvalue weighted by Crippen LogP contribution is 2.30. The number of carbonyl (C=O) groups excluding carboxylic acids is 1. The van der Waals surface area contributed by atoms with Gasteiger partial charge < -0.3 is 9.26 Å². The van der Waals surface area contributed by atoms with Crippen molar-refractivity contribution in [1.82, 2.24) is 10.1 Å². The Morgan fingerprint density at radius 1 is 1.47 bits per heavy atom. The number of hydrogen-bond donors (Lipinski definition) is 0. The molecule has 0 unspecified atom stereocenters. The summed E-state index contributed by atoms with van der Waals surface area (Å²) in [6.07, 6.45) is 4.41. The van der Waals surface area contributed by atoms with Crippen LogP contribution in [0.2, 0.25) is 0 Å². The highest BCUT2D eigenvalue weighted by molar-refractivity contribution is 7.10. The van der Waals surface area contributed by atoms with Crippen LogP contribution >= 0.6 is 11.3 Å². The molecule has 2 aromatic heterocycles. The van der Waals surface area contributed by atoms with Gasteiger partial charge in [-0.15, -0.1) is 11.3 Å². The first-order valence-corrected chi connectivity index (χ1v) is 7.17. The van der Waals surface area contributed by atoms with Gasteiger partial charge in [-0.2, -0.15) is 4.98 Å². The van der Waals surface area contributed by atoms with E-state index in [1.165, 1.54) is 16.9 Å². The predicted octanol–water partition coefficient (Wildman–Crippen LogP) is 2.68. The Balaban J connectivity index is 1.69. The van der Waals surface area contributed by atoms with Gasteiger partial charge in [0.2, 0.25) is 0 Å². The summed E-state index contributed by atoms with van der Waals surface area (Å²) in [5.74, 6) is 0.573. The van der Waals surface area contributed by atoms with Crippen LogP contribution < -0.4 is 0 Å². The molecule has 1 aliphatic carbocycles. The molecule has 100 valence electrons. The topological polar surface area (TPSA) is 65.2 Å². The van der Waals surface area contributed by atoms with E-state index in [1.54, 1.807) is 18.3 Å². The molecule has 0 atom stereocenters. The zero-order valence-electron chi connectivity index (χ0n) is 10.6. The summed E-state index contributed by atoms with van der Waals surface area (Å²) in [6, 6.07) is 0. The van der Waals surface area contributed by atoms with Crippen LogP contribution in [0.15, 0.2) is 9.90 Å². The molecule has 0 saturated heterocycles. The van der Waals surface area contributed by atoms with Crippen LogP contribution in [0.4, 0.5) is 0 Å². The lowest BCUT2D eigenvalue weighted by Crippen LogP contribution is -2.09. The van der Waals surface area contributed by atoms with Gasteiger partial charge in [0.1, 0.15) is 0 Å². The predicted molar refractivity (Wildman–Crippen MR) is 69.1 cm³/mol. The molecule has 2 heterocycles. The summed E-state index contributed by atoms with van der Waals surface area (Å²) >= 11 is 1.65. The molecule has 0 N–H and O–H groups in total. The minimum atomic E-state index is -0.296. The summed E-state index contributed by atoms with van der Waals surface area (Å²) < 4.78 is 10.1. The normalized spacial score (nSPS) is 14.2. The van der Waals surface area contributed by atoms with Crippen LogP contribution in [0, 0.1) is 6.92 Å². The molecule has 0 aliphatic heterocycles. The molecule has 0 radical (unpaired) electrons. The van der Waals surface area contributed by atoms with Gasteiger partial charge in [0.15, 0.2) is 12.4 Å². The maximum atomic E-state index is 12.1. The number of rotatable bonds is 3. The molecule has 5 nitrogen and oxygen atoms in total.